The number of sulfonamides is 1. The normalized spacial score (nSPS) is 11.8. The van der Waals surface area contributed by atoms with Crippen LogP contribution in [0.1, 0.15) is 6.42 Å². The van der Waals surface area contributed by atoms with Gasteiger partial charge in [0.1, 0.15) is 4.90 Å². The maximum atomic E-state index is 11.4. The van der Waals surface area contributed by atoms with Crippen molar-refractivity contribution in [3.05, 3.63) is 12.4 Å². The molecule has 0 aliphatic carbocycles. The Morgan fingerprint density at radius 1 is 1.62 bits per heavy atom. The molecule has 74 valence electrons. The van der Waals surface area contributed by atoms with Gasteiger partial charge < -0.3 is 0 Å². The van der Waals surface area contributed by atoms with Crippen LogP contribution in [0.4, 0.5) is 0 Å². The van der Waals surface area contributed by atoms with Gasteiger partial charge in [0.05, 0.1) is 6.20 Å². The zero-order chi connectivity index (χ0) is 9.73. The number of rotatable bonds is 5. The van der Waals surface area contributed by atoms with Crippen molar-refractivity contribution in [2.75, 3.05) is 12.4 Å². The summed E-state index contributed by atoms with van der Waals surface area (Å²) in [5, 5.41) is 5.98. The number of H-pyrrole nitrogens is 1. The molecule has 0 spiro atoms. The summed E-state index contributed by atoms with van der Waals surface area (Å²) in [6, 6.07) is 0. The van der Waals surface area contributed by atoms with Gasteiger partial charge in [0.15, 0.2) is 0 Å². The Balaban J connectivity index is 2.58. The second-order valence-corrected chi connectivity index (χ2v) is 4.52. The minimum Gasteiger partial charge on any atom is -0.284 e. The fourth-order valence-corrected chi connectivity index (χ4v) is 1.86. The van der Waals surface area contributed by atoms with E-state index in [4.69, 9.17) is 11.6 Å². The molecule has 7 heteroatoms. The predicted octanol–water partition coefficient (Wildman–Crippen LogP) is 0.317. The highest BCUT2D eigenvalue weighted by Gasteiger charge is 2.13. The standard InChI is InChI=1S/C6H10ClN3O2S/c7-2-1-3-10-13(11,12)6-4-8-9-5-6/h4-5,10H,1-3H2,(H,8,9). The van der Waals surface area contributed by atoms with Crippen LogP contribution < -0.4 is 4.72 Å². The molecule has 0 saturated heterocycles. The maximum Gasteiger partial charge on any atom is 0.243 e. The van der Waals surface area contributed by atoms with Gasteiger partial charge in [0.25, 0.3) is 0 Å². The summed E-state index contributed by atoms with van der Waals surface area (Å²) < 4.78 is 25.1. The molecule has 1 aromatic rings. The Morgan fingerprint density at radius 3 is 2.92 bits per heavy atom. The van der Waals surface area contributed by atoms with Crippen LogP contribution in [-0.2, 0) is 10.0 Å². The third kappa shape index (κ3) is 2.98. The summed E-state index contributed by atoms with van der Waals surface area (Å²) in [6.07, 6.45) is 3.19. The van der Waals surface area contributed by atoms with E-state index in [0.717, 1.165) is 0 Å². The number of hydrogen-bond donors (Lipinski definition) is 2. The second kappa shape index (κ2) is 4.59. The second-order valence-electron chi connectivity index (χ2n) is 2.37. The molecule has 1 aromatic heterocycles. The minimum absolute atomic E-state index is 0.141. The van der Waals surface area contributed by atoms with Crippen molar-refractivity contribution in [1.29, 1.82) is 0 Å². The molecule has 0 saturated carbocycles. The molecule has 5 nitrogen and oxygen atoms in total. The van der Waals surface area contributed by atoms with Crippen LogP contribution in [0.15, 0.2) is 17.3 Å². The number of nitrogens with one attached hydrogen (secondary N) is 2. The molecular weight excluding hydrogens is 214 g/mol. The third-order valence-electron chi connectivity index (χ3n) is 1.39. The summed E-state index contributed by atoms with van der Waals surface area (Å²) in [4.78, 5) is 0.141. The first-order valence-electron chi connectivity index (χ1n) is 3.71. The molecule has 2 N–H and O–H groups in total. The Morgan fingerprint density at radius 2 is 2.38 bits per heavy atom. The van der Waals surface area contributed by atoms with Gasteiger partial charge in [0.2, 0.25) is 10.0 Å². The lowest BCUT2D eigenvalue weighted by Crippen LogP contribution is -2.24. The molecule has 0 radical (unpaired) electrons. The lowest BCUT2D eigenvalue weighted by atomic mass is 10.5. The van der Waals surface area contributed by atoms with Crippen molar-refractivity contribution >= 4 is 21.6 Å². The Bertz CT molecular complexity index is 335. The smallest absolute Gasteiger partial charge is 0.243 e. The molecule has 0 unspecified atom stereocenters. The largest absolute Gasteiger partial charge is 0.284 e. The van der Waals surface area contributed by atoms with Crippen molar-refractivity contribution in [3.63, 3.8) is 0 Å². The van der Waals surface area contributed by atoms with E-state index in [1.165, 1.54) is 12.4 Å². The maximum absolute atomic E-state index is 11.4. The van der Waals surface area contributed by atoms with Crippen LogP contribution in [0.3, 0.4) is 0 Å². The first-order chi connectivity index (χ1) is 6.17. The summed E-state index contributed by atoms with van der Waals surface area (Å²) in [5.74, 6) is 0.438. The lowest BCUT2D eigenvalue weighted by molar-refractivity contribution is 0.581. The summed E-state index contributed by atoms with van der Waals surface area (Å²) >= 11 is 5.40. The Labute approximate surface area is 81.5 Å². The van der Waals surface area contributed by atoms with Crippen LogP contribution in [0, 0.1) is 0 Å². The van der Waals surface area contributed by atoms with Gasteiger partial charge in [-0.1, -0.05) is 0 Å². The van der Waals surface area contributed by atoms with Crippen molar-refractivity contribution in [1.82, 2.24) is 14.9 Å². The quantitative estimate of drug-likeness (QED) is 0.558. The number of alkyl halides is 1. The molecular formula is C6H10ClN3O2S. The van der Waals surface area contributed by atoms with Crippen LogP contribution in [-0.4, -0.2) is 31.0 Å². The monoisotopic (exact) mass is 223 g/mol. The highest BCUT2D eigenvalue weighted by molar-refractivity contribution is 7.89. The van der Waals surface area contributed by atoms with Gasteiger partial charge in [-0.3, -0.25) is 5.10 Å². The van der Waals surface area contributed by atoms with Crippen LogP contribution in [0.5, 0.6) is 0 Å². The number of halogens is 1. The van der Waals surface area contributed by atoms with Crippen molar-refractivity contribution in [2.45, 2.75) is 11.3 Å². The molecule has 0 aliphatic rings. The van der Waals surface area contributed by atoms with Crippen LogP contribution >= 0.6 is 11.6 Å². The fraction of sp³-hybridized carbons (Fsp3) is 0.500. The van der Waals surface area contributed by atoms with Gasteiger partial charge >= 0.3 is 0 Å². The number of aromatic amines is 1. The van der Waals surface area contributed by atoms with E-state index < -0.39 is 10.0 Å². The topological polar surface area (TPSA) is 74.8 Å². The van der Waals surface area contributed by atoms with Gasteiger partial charge in [0, 0.05) is 18.6 Å². The Hall–Kier alpha value is -0.590. The zero-order valence-corrected chi connectivity index (χ0v) is 8.40. The third-order valence-corrected chi connectivity index (χ3v) is 3.08. The molecule has 0 aliphatic heterocycles. The van der Waals surface area contributed by atoms with E-state index in [0.29, 0.717) is 18.8 Å². The van der Waals surface area contributed by atoms with Crippen molar-refractivity contribution in [3.8, 4) is 0 Å². The lowest BCUT2D eigenvalue weighted by Gasteiger charge is -2.01. The van der Waals surface area contributed by atoms with E-state index in [9.17, 15) is 8.42 Å². The van der Waals surface area contributed by atoms with E-state index >= 15 is 0 Å². The number of nitrogens with zero attached hydrogens (tertiary/aromatic N) is 1. The highest BCUT2D eigenvalue weighted by Crippen LogP contribution is 2.03. The summed E-state index contributed by atoms with van der Waals surface area (Å²) in [7, 11) is -3.39. The van der Waals surface area contributed by atoms with Crippen LogP contribution in [0.25, 0.3) is 0 Å². The molecule has 0 aromatic carbocycles. The van der Waals surface area contributed by atoms with Crippen molar-refractivity contribution < 1.29 is 8.42 Å². The molecule has 0 bridgehead atoms. The summed E-state index contributed by atoms with van der Waals surface area (Å²) in [5.41, 5.74) is 0. The highest BCUT2D eigenvalue weighted by atomic mass is 35.5. The molecule has 1 rings (SSSR count). The first kappa shape index (κ1) is 10.5. The molecule has 0 fully saturated rings. The van der Waals surface area contributed by atoms with E-state index in [1.807, 2.05) is 0 Å². The van der Waals surface area contributed by atoms with Crippen molar-refractivity contribution in [2.24, 2.45) is 0 Å². The van der Waals surface area contributed by atoms with Gasteiger partial charge in [-0.05, 0) is 6.42 Å². The Kier molecular flexibility index (Phi) is 3.71. The van der Waals surface area contributed by atoms with E-state index in [2.05, 4.69) is 14.9 Å². The van der Waals surface area contributed by atoms with Crippen LogP contribution in [0.2, 0.25) is 0 Å². The molecule has 0 atom stereocenters. The van der Waals surface area contributed by atoms with Gasteiger partial charge in [-0.15, -0.1) is 11.6 Å². The SMILES string of the molecule is O=S(=O)(NCCCCl)c1cn[nH]c1. The predicted molar refractivity (Wildman–Crippen MR) is 49.1 cm³/mol. The number of aromatic nitrogens is 2. The molecule has 0 amide bonds. The zero-order valence-electron chi connectivity index (χ0n) is 6.83. The average Bonchev–Trinajstić information content (AvgIpc) is 2.56. The molecule has 13 heavy (non-hydrogen) atoms. The fourth-order valence-electron chi connectivity index (χ4n) is 0.743. The summed E-state index contributed by atoms with van der Waals surface area (Å²) in [6.45, 7) is 0.344. The molecule has 1 heterocycles. The van der Waals surface area contributed by atoms with Gasteiger partial charge in [-0.2, -0.15) is 5.10 Å². The van der Waals surface area contributed by atoms with Gasteiger partial charge in [-0.25, -0.2) is 13.1 Å². The minimum atomic E-state index is -3.39. The first-order valence-corrected chi connectivity index (χ1v) is 5.73. The average molecular weight is 224 g/mol. The van der Waals surface area contributed by atoms with E-state index in [-0.39, 0.29) is 4.90 Å². The van der Waals surface area contributed by atoms with E-state index in [1.54, 1.807) is 0 Å². The number of hydrogen-bond acceptors (Lipinski definition) is 3.